The number of nitrogen functional groups attached to an aromatic ring is 1. The molecule has 1 aromatic carbocycles. The summed E-state index contributed by atoms with van der Waals surface area (Å²) in [4.78, 5) is 0. The fraction of sp³-hybridized carbons (Fsp3) is 0.364. The van der Waals surface area contributed by atoms with E-state index in [0.29, 0.717) is 0 Å². The fourth-order valence-corrected chi connectivity index (χ4v) is 0.618. The van der Waals surface area contributed by atoms with E-state index in [2.05, 4.69) is 5.84 Å². The number of nitrogens with one attached hydrogen (secondary N) is 2. The van der Waals surface area contributed by atoms with Crippen LogP contribution < -0.4 is 17.2 Å². The summed E-state index contributed by atoms with van der Waals surface area (Å²) < 4.78 is 0. The van der Waals surface area contributed by atoms with Crippen molar-refractivity contribution in [1.29, 1.82) is 5.41 Å². The molecule has 94 valence electrons. The Bertz CT molecular complexity index is 227. The Hall–Kier alpha value is -1.43. The molecule has 0 aromatic heterocycles. The summed E-state index contributed by atoms with van der Waals surface area (Å²) in [5.74, 6) is 4.27. The van der Waals surface area contributed by atoms with Gasteiger partial charge in [0.1, 0.15) is 5.84 Å². The Kier molecular flexibility index (Phi) is 24.0. The normalized spacial score (nSPS) is 6.88. The summed E-state index contributed by atoms with van der Waals surface area (Å²) in [6.45, 7) is 8.00. The first-order chi connectivity index (χ1) is 7.72. The van der Waals surface area contributed by atoms with Crippen LogP contribution in [-0.4, -0.2) is 11.0 Å². The molecule has 0 aliphatic rings. The summed E-state index contributed by atoms with van der Waals surface area (Å²) in [6, 6.07) is 9.23. The lowest BCUT2D eigenvalue weighted by molar-refractivity contribution is 0.169. The smallest absolute Gasteiger partial charge is 0.122 e. The molecule has 0 saturated heterocycles. The van der Waals surface area contributed by atoms with E-state index >= 15 is 0 Å². The maximum absolute atomic E-state index is 7.10. The second-order valence-corrected chi connectivity index (χ2v) is 1.91. The molecule has 7 N–H and O–H groups in total. The summed E-state index contributed by atoms with van der Waals surface area (Å²) in [6.07, 6.45) is 0. The van der Waals surface area contributed by atoms with E-state index in [-0.39, 0.29) is 5.84 Å². The highest BCUT2D eigenvalue weighted by Crippen LogP contribution is 1.94. The summed E-state index contributed by atoms with van der Waals surface area (Å²) in [5, 5.41) is 14.1. The molecule has 0 saturated carbocycles. The predicted octanol–water partition coefficient (Wildman–Crippen LogP) is 1.86. The SMILES string of the molecule is CC.CC.N=C(N)c1ccccc1.NNO. The van der Waals surface area contributed by atoms with Crippen molar-refractivity contribution in [3.05, 3.63) is 35.9 Å². The van der Waals surface area contributed by atoms with Gasteiger partial charge in [-0.2, -0.15) is 0 Å². The highest BCUT2D eigenvalue weighted by Gasteiger charge is 1.89. The number of benzene rings is 1. The topological polar surface area (TPSA) is 108 Å². The van der Waals surface area contributed by atoms with Crippen LogP contribution in [0.5, 0.6) is 0 Å². The van der Waals surface area contributed by atoms with Crippen LogP contribution in [0.15, 0.2) is 30.3 Å². The number of amidine groups is 1. The molecule has 16 heavy (non-hydrogen) atoms. The quantitative estimate of drug-likeness (QED) is 0.219. The number of hydrogen-bond donors (Lipinski definition) is 5. The lowest BCUT2D eigenvalue weighted by Gasteiger charge is -1.93. The first-order valence-electron chi connectivity index (χ1n) is 5.21. The van der Waals surface area contributed by atoms with Crippen LogP contribution in [0.3, 0.4) is 0 Å². The van der Waals surface area contributed by atoms with Gasteiger partial charge < -0.3 is 10.9 Å². The van der Waals surface area contributed by atoms with Crippen molar-refractivity contribution in [2.24, 2.45) is 11.6 Å². The third kappa shape index (κ3) is 15.1. The molecule has 0 heterocycles. The van der Waals surface area contributed by atoms with Crippen molar-refractivity contribution < 1.29 is 5.21 Å². The van der Waals surface area contributed by atoms with Gasteiger partial charge >= 0.3 is 0 Å². The number of hydrazine groups is 1. The number of hydrogen-bond acceptors (Lipinski definition) is 4. The molecule has 0 amide bonds. The summed E-state index contributed by atoms with van der Waals surface area (Å²) in [5.41, 5.74) is 7.22. The van der Waals surface area contributed by atoms with Gasteiger partial charge in [0.2, 0.25) is 0 Å². The Morgan fingerprint density at radius 2 is 1.44 bits per heavy atom. The average Bonchev–Trinajstić information content (AvgIpc) is 2.36. The predicted molar refractivity (Wildman–Crippen MR) is 69.3 cm³/mol. The third-order valence-corrected chi connectivity index (χ3v) is 1.08. The van der Waals surface area contributed by atoms with Gasteiger partial charge in [0.25, 0.3) is 0 Å². The summed E-state index contributed by atoms with van der Waals surface area (Å²) >= 11 is 0. The molecule has 0 aliphatic heterocycles. The Labute approximate surface area is 97.9 Å². The standard InChI is InChI=1S/C7H8N2.2C2H6.H4N2O/c8-7(9)6-4-2-1-3-5-6;2*1-2;1-2-3/h1-5H,(H3,8,9);2*1-2H3;2-3H,1H2. The molecule has 5 heteroatoms. The highest BCUT2D eigenvalue weighted by molar-refractivity contribution is 5.94. The van der Waals surface area contributed by atoms with Crippen LogP contribution in [0.25, 0.3) is 0 Å². The van der Waals surface area contributed by atoms with Crippen LogP contribution in [-0.2, 0) is 0 Å². The zero-order valence-corrected chi connectivity index (χ0v) is 10.5. The highest BCUT2D eigenvalue weighted by atomic mass is 16.5. The van der Waals surface area contributed by atoms with Crippen molar-refractivity contribution in [2.45, 2.75) is 27.7 Å². The molecule has 5 nitrogen and oxygen atoms in total. The van der Waals surface area contributed by atoms with E-state index in [9.17, 15) is 0 Å². The van der Waals surface area contributed by atoms with Crippen molar-refractivity contribution in [3.63, 3.8) is 0 Å². The van der Waals surface area contributed by atoms with E-state index < -0.39 is 0 Å². The third-order valence-electron chi connectivity index (χ3n) is 1.08. The molecular formula is C11H24N4O. The van der Waals surface area contributed by atoms with Crippen LogP contribution in [0.2, 0.25) is 0 Å². The molecule has 0 radical (unpaired) electrons. The van der Waals surface area contributed by atoms with E-state index in [1.165, 1.54) is 5.59 Å². The minimum absolute atomic E-state index is 0.121. The zero-order valence-electron chi connectivity index (χ0n) is 10.5. The minimum Gasteiger partial charge on any atom is -0.384 e. The molecule has 0 bridgehead atoms. The average molecular weight is 228 g/mol. The van der Waals surface area contributed by atoms with E-state index in [4.69, 9.17) is 16.4 Å². The van der Waals surface area contributed by atoms with Crippen molar-refractivity contribution in [2.75, 3.05) is 0 Å². The molecular weight excluding hydrogens is 204 g/mol. The van der Waals surface area contributed by atoms with Gasteiger partial charge in [0.15, 0.2) is 0 Å². The van der Waals surface area contributed by atoms with Crippen LogP contribution >= 0.6 is 0 Å². The van der Waals surface area contributed by atoms with Crippen molar-refractivity contribution in [1.82, 2.24) is 5.59 Å². The van der Waals surface area contributed by atoms with Crippen LogP contribution in [0.4, 0.5) is 0 Å². The Morgan fingerprint density at radius 1 is 1.12 bits per heavy atom. The van der Waals surface area contributed by atoms with E-state index in [1.807, 2.05) is 58.0 Å². The molecule has 0 atom stereocenters. The largest absolute Gasteiger partial charge is 0.384 e. The number of rotatable bonds is 1. The van der Waals surface area contributed by atoms with Gasteiger partial charge in [0.05, 0.1) is 0 Å². The van der Waals surface area contributed by atoms with E-state index in [1.54, 1.807) is 0 Å². The molecule has 0 unspecified atom stereocenters. The maximum Gasteiger partial charge on any atom is 0.122 e. The lowest BCUT2D eigenvalue weighted by Crippen LogP contribution is -2.14. The van der Waals surface area contributed by atoms with Crippen molar-refractivity contribution in [3.8, 4) is 0 Å². The first-order valence-corrected chi connectivity index (χ1v) is 5.21. The van der Waals surface area contributed by atoms with Crippen molar-refractivity contribution >= 4 is 5.84 Å². The molecule has 0 aliphatic carbocycles. The lowest BCUT2D eigenvalue weighted by atomic mass is 10.2. The second kappa shape index (κ2) is 19.2. The first kappa shape index (κ1) is 20.0. The Morgan fingerprint density at radius 3 is 1.62 bits per heavy atom. The van der Waals surface area contributed by atoms with Gasteiger partial charge in [-0.1, -0.05) is 58.0 Å². The molecule has 0 fully saturated rings. The van der Waals surface area contributed by atoms with Crippen LogP contribution in [0, 0.1) is 5.41 Å². The van der Waals surface area contributed by atoms with Gasteiger partial charge in [-0.25, -0.2) is 5.84 Å². The maximum atomic E-state index is 7.10. The monoisotopic (exact) mass is 228 g/mol. The molecule has 0 spiro atoms. The fourth-order valence-electron chi connectivity index (χ4n) is 0.618. The van der Waals surface area contributed by atoms with E-state index in [0.717, 1.165) is 5.56 Å². The molecule has 1 aromatic rings. The Balaban J connectivity index is -0.000000206. The number of nitrogens with two attached hydrogens (primary N) is 2. The van der Waals surface area contributed by atoms with Gasteiger partial charge in [-0.3, -0.25) is 5.41 Å². The second-order valence-electron chi connectivity index (χ2n) is 1.91. The minimum atomic E-state index is 0.121. The van der Waals surface area contributed by atoms with Gasteiger partial charge in [-0.15, -0.1) is 5.59 Å². The van der Waals surface area contributed by atoms with Gasteiger partial charge in [-0.05, 0) is 0 Å². The molecule has 1 rings (SSSR count). The van der Waals surface area contributed by atoms with Gasteiger partial charge in [0, 0.05) is 5.56 Å². The summed E-state index contributed by atoms with van der Waals surface area (Å²) in [7, 11) is 0. The zero-order chi connectivity index (χ0) is 13.4. The van der Waals surface area contributed by atoms with Crippen LogP contribution in [0.1, 0.15) is 33.3 Å².